The third-order valence-corrected chi connectivity index (χ3v) is 3.91. The number of carbonyl (C=O) groups excluding carboxylic acids is 3. The Hall–Kier alpha value is -1.43. The van der Waals surface area contributed by atoms with E-state index in [0.29, 0.717) is 32.1 Å². The van der Waals surface area contributed by atoms with Crippen LogP contribution in [0.2, 0.25) is 0 Å². The molecule has 0 radical (unpaired) electrons. The van der Waals surface area contributed by atoms with Gasteiger partial charge < -0.3 is 5.11 Å². The molecule has 6 heteroatoms. The zero-order valence-electron chi connectivity index (χ0n) is 11.1. The molecule has 2 rings (SSSR count). The van der Waals surface area contributed by atoms with Crippen LogP contribution in [0.1, 0.15) is 45.4 Å². The zero-order valence-corrected chi connectivity index (χ0v) is 11.1. The molecule has 1 unspecified atom stereocenters. The summed E-state index contributed by atoms with van der Waals surface area (Å²) in [5.41, 5.74) is 0. The molecule has 1 atom stereocenters. The number of rotatable bonds is 3. The normalized spacial score (nSPS) is 32.4. The van der Waals surface area contributed by atoms with Crippen LogP contribution in [0, 0.1) is 5.92 Å². The second kappa shape index (κ2) is 5.69. The summed E-state index contributed by atoms with van der Waals surface area (Å²) in [7, 11) is 0. The molecule has 19 heavy (non-hydrogen) atoms. The zero-order chi connectivity index (χ0) is 14.0. The molecule has 106 valence electrons. The van der Waals surface area contributed by atoms with E-state index < -0.39 is 17.9 Å². The Bertz CT molecular complexity index is 388. The summed E-state index contributed by atoms with van der Waals surface area (Å²) in [6, 6.07) is -0.799. The molecule has 0 spiro atoms. The predicted octanol–water partition coefficient (Wildman–Crippen LogP) is 0.785. The van der Waals surface area contributed by atoms with Crippen LogP contribution in [-0.4, -0.2) is 40.0 Å². The molecule has 1 saturated heterocycles. The Kier molecular flexibility index (Phi) is 4.19. The van der Waals surface area contributed by atoms with Crippen LogP contribution in [0.3, 0.4) is 0 Å². The first-order valence-electron chi connectivity index (χ1n) is 6.90. The molecule has 0 aromatic carbocycles. The summed E-state index contributed by atoms with van der Waals surface area (Å²) in [6.45, 7) is 1.90. The van der Waals surface area contributed by atoms with Crippen molar-refractivity contribution in [1.82, 2.24) is 10.2 Å². The number of hydrogen-bond acceptors (Lipinski definition) is 4. The number of imide groups is 2. The Morgan fingerprint density at radius 2 is 1.84 bits per heavy atom. The fraction of sp³-hybridized carbons (Fsp3) is 0.769. The number of aliphatic hydroxyl groups is 1. The lowest BCUT2D eigenvalue weighted by Gasteiger charge is -2.38. The van der Waals surface area contributed by atoms with Crippen LogP contribution in [0.4, 0.5) is 4.79 Å². The number of aliphatic hydroxyl groups excluding tert-OH is 1. The summed E-state index contributed by atoms with van der Waals surface area (Å²) >= 11 is 0. The molecule has 2 fully saturated rings. The number of amides is 4. The molecule has 0 bridgehead atoms. The van der Waals surface area contributed by atoms with Crippen molar-refractivity contribution in [2.24, 2.45) is 5.92 Å². The van der Waals surface area contributed by atoms with Gasteiger partial charge in [-0.15, -0.1) is 0 Å². The van der Waals surface area contributed by atoms with Crippen molar-refractivity contribution in [3.8, 4) is 0 Å². The lowest BCUT2D eigenvalue weighted by atomic mass is 9.90. The van der Waals surface area contributed by atoms with E-state index in [1.54, 1.807) is 0 Å². The molecule has 6 nitrogen and oxygen atoms in total. The standard InChI is InChI=1S/C13H20N2O4/c1-2-3-10-11(17)14-13(19)15(12(10)18)8-4-6-9(16)7-5-8/h8-10,16H,2-7H2,1H3,(H,14,17,19). The van der Waals surface area contributed by atoms with E-state index in [-0.39, 0.29) is 18.1 Å². The van der Waals surface area contributed by atoms with Crippen molar-refractivity contribution < 1.29 is 19.5 Å². The van der Waals surface area contributed by atoms with Gasteiger partial charge in [-0.05, 0) is 32.1 Å². The summed E-state index contributed by atoms with van der Waals surface area (Å²) in [5.74, 6) is -1.60. The van der Waals surface area contributed by atoms with Crippen molar-refractivity contribution >= 4 is 17.8 Å². The minimum atomic E-state index is -0.741. The molecule has 1 heterocycles. The van der Waals surface area contributed by atoms with Crippen LogP contribution in [0.25, 0.3) is 0 Å². The van der Waals surface area contributed by atoms with Gasteiger partial charge in [0, 0.05) is 6.04 Å². The number of nitrogens with zero attached hydrogens (tertiary/aromatic N) is 1. The molecule has 2 N–H and O–H groups in total. The quantitative estimate of drug-likeness (QED) is 0.741. The van der Waals surface area contributed by atoms with E-state index >= 15 is 0 Å². The number of urea groups is 1. The van der Waals surface area contributed by atoms with Gasteiger partial charge in [0.05, 0.1) is 6.10 Å². The Labute approximate surface area is 112 Å². The second-order valence-electron chi connectivity index (χ2n) is 5.31. The minimum Gasteiger partial charge on any atom is -0.393 e. The molecular formula is C13H20N2O4. The summed E-state index contributed by atoms with van der Waals surface area (Å²) < 4.78 is 0. The van der Waals surface area contributed by atoms with E-state index in [0.717, 1.165) is 6.42 Å². The van der Waals surface area contributed by atoms with Crippen LogP contribution in [0.5, 0.6) is 0 Å². The van der Waals surface area contributed by atoms with Gasteiger partial charge in [-0.25, -0.2) is 4.79 Å². The van der Waals surface area contributed by atoms with Gasteiger partial charge in [-0.2, -0.15) is 0 Å². The molecular weight excluding hydrogens is 248 g/mol. The third-order valence-electron chi connectivity index (χ3n) is 3.91. The van der Waals surface area contributed by atoms with Crippen molar-refractivity contribution in [1.29, 1.82) is 0 Å². The SMILES string of the molecule is CCCC1C(=O)NC(=O)N(C2CCC(O)CC2)C1=O. The van der Waals surface area contributed by atoms with E-state index in [2.05, 4.69) is 5.32 Å². The fourth-order valence-corrected chi connectivity index (χ4v) is 2.84. The van der Waals surface area contributed by atoms with E-state index in [9.17, 15) is 19.5 Å². The maximum Gasteiger partial charge on any atom is 0.331 e. The van der Waals surface area contributed by atoms with Crippen molar-refractivity contribution in [3.63, 3.8) is 0 Å². The van der Waals surface area contributed by atoms with Crippen LogP contribution >= 0.6 is 0 Å². The lowest BCUT2D eigenvalue weighted by Crippen LogP contribution is -2.61. The number of carbonyl (C=O) groups is 3. The van der Waals surface area contributed by atoms with Gasteiger partial charge in [0.1, 0.15) is 5.92 Å². The average Bonchev–Trinajstić information content (AvgIpc) is 2.36. The maximum atomic E-state index is 12.3. The van der Waals surface area contributed by atoms with E-state index in [1.807, 2.05) is 6.92 Å². The summed E-state index contributed by atoms with van der Waals surface area (Å²) in [6.07, 6.45) is 3.23. The van der Waals surface area contributed by atoms with Gasteiger partial charge >= 0.3 is 6.03 Å². The van der Waals surface area contributed by atoms with Crippen molar-refractivity contribution in [2.45, 2.75) is 57.6 Å². The molecule has 0 aromatic heterocycles. The first kappa shape index (κ1) is 14.0. The van der Waals surface area contributed by atoms with E-state index in [1.165, 1.54) is 4.90 Å². The summed E-state index contributed by atoms with van der Waals surface area (Å²) in [4.78, 5) is 37.0. The highest BCUT2D eigenvalue weighted by molar-refractivity contribution is 6.16. The van der Waals surface area contributed by atoms with Crippen LogP contribution < -0.4 is 5.32 Å². The third kappa shape index (κ3) is 2.78. The Morgan fingerprint density at radius 3 is 2.42 bits per heavy atom. The highest BCUT2D eigenvalue weighted by atomic mass is 16.3. The highest BCUT2D eigenvalue weighted by Crippen LogP contribution is 2.27. The maximum absolute atomic E-state index is 12.3. The first-order chi connectivity index (χ1) is 9.04. The fourth-order valence-electron chi connectivity index (χ4n) is 2.84. The van der Waals surface area contributed by atoms with Gasteiger partial charge in [-0.1, -0.05) is 13.3 Å². The second-order valence-corrected chi connectivity index (χ2v) is 5.31. The monoisotopic (exact) mass is 268 g/mol. The topological polar surface area (TPSA) is 86.7 Å². The van der Waals surface area contributed by atoms with Gasteiger partial charge in [-0.3, -0.25) is 19.8 Å². The first-order valence-corrected chi connectivity index (χ1v) is 6.90. The predicted molar refractivity (Wildman–Crippen MR) is 67.0 cm³/mol. The molecule has 1 aliphatic heterocycles. The van der Waals surface area contributed by atoms with Crippen LogP contribution in [0.15, 0.2) is 0 Å². The largest absolute Gasteiger partial charge is 0.393 e. The Morgan fingerprint density at radius 1 is 1.21 bits per heavy atom. The van der Waals surface area contributed by atoms with Crippen molar-refractivity contribution in [3.05, 3.63) is 0 Å². The van der Waals surface area contributed by atoms with Crippen molar-refractivity contribution in [2.75, 3.05) is 0 Å². The smallest absolute Gasteiger partial charge is 0.331 e. The molecule has 1 aliphatic carbocycles. The van der Waals surface area contributed by atoms with Crippen LogP contribution in [-0.2, 0) is 9.59 Å². The molecule has 1 saturated carbocycles. The van der Waals surface area contributed by atoms with E-state index in [4.69, 9.17) is 0 Å². The molecule has 2 aliphatic rings. The lowest BCUT2D eigenvalue weighted by molar-refractivity contribution is -0.145. The van der Waals surface area contributed by atoms with Gasteiger partial charge in [0.2, 0.25) is 11.8 Å². The molecule has 0 aromatic rings. The Balaban J connectivity index is 2.12. The highest BCUT2D eigenvalue weighted by Gasteiger charge is 2.43. The van der Waals surface area contributed by atoms with Gasteiger partial charge in [0.25, 0.3) is 0 Å². The number of barbiturate groups is 1. The summed E-state index contributed by atoms with van der Waals surface area (Å²) in [5, 5.41) is 11.7. The molecule has 4 amide bonds. The minimum absolute atomic E-state index is 0.191. The van der Waals surface area contributed by atoms with Gasteiger partial charge in [0.15, 0.2) is 0 Å². The average molecular weight is 268 g/mol. The number of hydrogen-bond donors (Lipinski definition) is 2. The number of nitrogens with one attached hydrogen (secondary N) is 1.